The Morgan fingerprint density at radius 2 is 1.77 bits per heavy atom. The summed E-state index contributed by atoms with van der Waals surface area (Å²) >= 11 is 0. The summed E-state index contributed by atoms with van der Waals surface area (Å²) in [4.78, 5) is 32.0. The van der Waals surface area contributed by atoms with Gasteiger partial charge in [-0.05, 0) is 49.8 Å². The Morgan fingerprint density at radius 1 is 1.05 bits per heavy atom. The highest BCUT2D eigenvalue weighted by Crippen LogP contribution is 2.43. The van der Waals surface area contributed by atoms with Crippen LogP contribution in [0.2, 0.25) is 0 Å². The number of piperidine rings is 1. The fraction of sp³-hybridized carbons (Fsp3) is 0.517. The molecule has 1 saturated heterocycles. The Labute approximate surface area is 234 Å². The Bertz CT molecular complexity index is 1480. The van der Waals surface area contributed by atoms with Gasteiger partial charge in [-0.1, -0.05) is 24.6 Å². The zero-order valence-corrected chi connectivity index (χ0v) is 23.9. The largest absolute Gasteiger partial charge is 0.469 e. The van der Waals surface area contributed by atoms with Gasteiger partial charge in [0.2, 0.25) is 0 Å². The van der Waals surface area contributed by atoms with E-state index in [4.69, 9.17) is 14.8 Å². The molecule has 0 bridgehead atoms. The second-order valence-electron chi connectivity index (χ2n) is 10.7. The summed E-state index contributed by atoms with van der Waals surface area (Å²) in [6, 6.07) is 11.4. The highest BCUT2D eigenvalue weighted by atomic mass is 32.2. The number of anilines is 1. The topological polar surface area (TPSA) is 121 Å². The van der Waals surface area contributed by atoms with Crippen molar-refractivity contribution in [3.63, 3.8) is 0 Å². The molecular formula is C29H36N4O6S. The molecular weight excluding hydrogens is 532 g/mol. The normalized spacial score (nSPS) is 16.7. The molecule has 1 aliphatic carbocycles. The lowest BCUT2D eigenvalue weighted by molar-refractivity contribution is -0.140. The van der Waals surface area contributed by atoms with E-state index in [1.165, 1.54) is 7.11 Å². The maximum Gasteiger partial charge on any atom is 0.306 e. The Morgan fingerprint density at radius 3 is 2.40 bits per heavy atom. The van der Waals surface area contributed by atoms with Crippen molar-refractivity contribution >= 4 is 38.3 Å². The average molecular weight is 569 g/mol. The first-order valence-corrected chi connectivity index (χ1v) is 15.6. The van der Waals surface area contributed by atoms with E-state index in [9.17, 15) is 18.0 Å². The van der Waals surface area contributed by atoms with Crippen molar-refractivity contribution in [3.05, 3.63) is 47.8 Å². The minimum atomic E-state index is -3.84. The van der Waals surface area contributed by atoms with Gasteiger partial charge in [0.25, 0.3) is 0 Å². The van der Waals surface area contributed by atoms with E-state index in [0.29, 0.717) is 24.1 Å². The van der Waals surface area contributed by atoms with Crippen LogP contribution in [0.15, 0.2) is 36.4 Å². The molecule has 2 fully saturated rings. The molecule has 2 aliphatic rings. The van der Waals surface area contributed by atoms with Crippen molar-refractivity contribution in [3.8, 4) is 5.69 Å². The lowest BCUT2D eigenvalue weighted by atomic mass is 9.81. The van der Waals surface area contributed by atoms with Crippen molar-refractivity contribution in [1.29, 1.82) is 0 Å². The number of ether oxygens (including phenoxy) is 2. The number of rotatable bonds is 11. The number of sulfone groups is 1. The van der Waals surface area contributed by atoms with Gasteiger partial charge in [0.1, 0.15) is 11.4 Å². The van der Waals surface area contributed by atoms with Gasteiger partial charge < -0.3 is 14.4 Å². The van der Waals surface area contributed by atoms with Gasteiger partial charge in [0.15, 0.2) is 21.3 Å². The zero-order chi connectivity index (χ0) is 28.3. The van der Waals surface area contributed by atoms with Crippen molar-refractivity contribution in [2.45, 2.75) is 44.4 Å². The zero-order valence-electron chi connectivity index (χ0n) is 23.0. The van der Waals surface area contributed by atoms with Crippen LogP contribution in [-0.2, 0) is 24.1 Å². The number of esters is 1. The Balaban J connectivity index is 1.59. The Hall–Kier alpha value is -3.31. The molecule has 0 spiro atoms. The molecule has 0 N–H and O–H groups in total. The first-order valence-electron chi connectivity index (χ1n) is 13.8. The van der Waals surface area contributed by atoms with Gasteiger partial charge in [-0.15, -0.1) is 0 Å². The summed E-state index contributed by atoms with van der Waals surface area (Å²) in [6.45, 7) is 2.30. The summed E-state index contributed by atoms with van der Waals surface area (Å²) < 4.78 is 37.2. The van der Waals surface area contributed by atoms with Crippen LogP contribution < -0.4 is 4.90 Å². The number of pyridine rings is 1. The molecule has 3 aromatic rings. The summed E-state index contributed by atoms with van der Waals surface area (Å²) in [7, 11) is -0.922. The molecule has 40 heavy (non-hydrogen) atoms. The molecule has 0 amide bonds. The third-order valence-corrected chi connectivity index (χ3v) is 9.50. The third kappa shape index (κ3) is 6.05. The molecule has 1 saturated carbocycles. The monoisotopic (exact) mass is 568 g/mol. The predicted octanol–water partition coefficient (Wildman–Crippen LogP) is 3.71. The van der Waals surface area contributed by atoms with E-state index < -0.39 is 33.1 Å². The minimum absolute atomic E-state index is 0.0837. The van der Waals surface area contributed by atoms with Gasteiger partial charge >= 0.3 is 5.97 Å². The van der Waals surface area contributed by atoms with Crippen molar-refractivity contribution in [2.24, 2.45) is 5.92 Å². The van der Waals surface area contributed by atoms with Crippen LogP contribution in [0.25, 0.3) is 16.7 Å². The predicted molar refractivity (Wildman–Crippen MR) is 152 cm³/mol. The molecule has 1 aromatic carbocycles. The molecule has 1 aliphatic heterocycles. The summed E-state index contributed by atoms with van der Waals surface area (Å²) in [5.74, 6) is -1.64. The molecule has 11 heteroatoms. The van der Waals surface area contributed by atoms with Gasteiger partial charge in [-0.2, -0.15) is 5.10 Å². The van der Waals surface area contributed by atoms with Crippen molar-refractivity contribution in [2.75, 3.05) is 50.3 Å². The van der Waals surface area contributed by atoms with Gasteiger partial charge in [-0.3, -0.25) is 9.59 Å². The van der Waals surface area contributed by atoms with E-state index in [2.05, 4.69) is 9.64 Å². The number of Topliss-reactive ketones (excluding diaryl/α,β-unsaturated/α-hetero) is 1. The highest BCUT2D eigenvalue weighted by molar-refractivity contribution is 7.92. The summed E-state index contributed by atoms with van der Waals surface area (Å²) in [5, 5.41) is 5.98. The lowest BCUT2D eigenvalue weighted by Gasteiger charge is -2.34. The molecule has 10 nitrogen and oxygen atoms in total. The fourth-order valence-corrected chi connectivity index (χ4v) is 6.66. The average Bonchev–Trinajstić information content (AvgIpc) is 3.30. The number of benzene rings is 1. The molecule has 214 valence electrons. The van der Waals surface area contributed by atoms with Crippen LogP contribution in [0.5, 0.6) is 0 Å². The molecule has 0 unspecified atom stereocenters. The van der Waals surface area contributed by atoms with E-state index in [1.807, 2.05) is 30.3 Å². The van der Waals surface area contributed by atoms with E-state index in [0.717, 1.165) is 67.6 Å². The van der Waals surface area contributed by atoms with Crippen LogP contribution in [0.1, 0.15) is 60.6 Å². The highest BCUT2D eigenvalue weighted by Gasteiger charge is 2.32. The summed E-state index contributed by atoms with van der Waals surface area (Å²) in [6.07, 6.45) is 4.86. The molecule has 0 atom stereocenters. The minimum Gasteiger partial charge on any atom is -0.469 e. The van der Waals surface area contributed by atoms with Crippen LogP contribution in [0.3, 0.4) is 0 Å². The number of aromatic nitrogens is 3. The standard InChI is InChI=1S/C29H36N4O6S/c1-38-18-20-11-14-32(15-12-20)24-17-23(25(34)19-40(36,37)16-13-26(35)39-2)30-29-27(24)28(21-7-6-8-21)31-33(29)22-9-4-3-5-10-22/h3-5,9-10,17,20-21H,6-8,11-16,18-19H2,1-2H3. The van der Waals surface area contributed by atoms with Crippen molar-refractivity contribution in [1.82, 2.24) is 14.8 Å². The number of para-hydroxylation sites is 1. The molecule has 3 heterocycles. The number of hydrogen-bond donors (Lipinski definition) is 0. The first kappa shape index (κ1) is 28.2. The van der Waals surface area contributed by atoms with Crippen LogP contribution >= 0.6 is 0 Å². The second kappa shape index (κ2) is 12.1. The lowest BCUT2D eigenvalue weighted by Crippen LogP contribution is -2.35. The quantitative estimate of drug-likeness (QED) is 0.252. The smallest absolute Gasteiger partial charge is 0.306 e. The number of carbonyl (C=O) groups excluding carboxylic acids is 2. The number of methoxy groups -OCH3 is 2. The van der Waals surface area contributed by atoms with E-state index >= 15 is 0 Å². The number of carbonyl (C=O) groups is 2. The number of nitrogens with zero attached hydrogens (tertiary/aromatic N) is 4. The summed E-state index contributed by atoms with van der Waals surface area (Å²) in [5.41, 5.74) is 3.32. The fourth-order valence-electron chi connectivity index (χ4n) is 5.49. The van der Waals surface area contributed by atoms with Gasteiger partial charge in [0, 0.05) is 32.7 Å². The van der Waals surface area contributed by atoms with Crippen LogP contribution in [-0.4, -0.2) is 80.4 Å². The maximum atomic E-state index is 13.4. The molecule has 0 radical (unpaired) electrons. The van der Waals surface area contributed by atoms with E-state index in [-0.39, 0.29) is 12.1 Å². The number of fused-ring (bicyclic) bond motifs is 1. The van der Waals surface area contributed by atoms with Gasteiger partial charge in [0.05, 0.1) is 41.7 Å². The van der Waals surface area contributed by atoms with Crippen LogP contribution in [0.4, 0.5) is 5.69 Å². The molecule has 2 aromatic heterocycles. The molecule has 5 rings (SSSR count). The number of ketones is 1. The first-order chi connectivity index (χ1) is 19.3. The number of hydrogen-bond acceptors (Lipinski definition) is 9. The van der Waals surface area contributed by atoms with E-state index in [1.54, 1.807) is 17.9 Å². The third-order valence-electron chi connectivity index (χ3n) is 7.98. The van der Waals surface area contributed by atoms with Crippen molar-refractivity contribution < 1.29 is 27.5 Å². The van der Waals surface area contributed by atoms with Gasteiger partial charge in [-0.25, -0.2) is 18.1 Å². The Kier molecular flexibility index (Phi) is 8.51. The van der Waals surface area contributed by atoms with Crippen LogP contribution in [0, 0.1) is 5.92 Å². The second-order valence-corrected chi connectivity index (χ2v) is 12.9. The maximum absolute atomic E-state index is 13.4. The SMILES string of the molecule is COCC1CCN(c2cc(C(=O)CS(=O)(=O)CCC(=O)OC)nc3c2c(C2CCC2)nn3-c2ccccc2)CC1.